The molecular weight excluding hydrogens is 356 g/mol. The van der Waals surface area contributed by atoms with Gasteiger partial charge in [-0.2, -0.15) is 15.0 Å². The first-order valence-corrected chi connectivity index (χ1v) is 9.90. The van der Waals surface area contributed by atoms with Crippen molar-refractivity contribution in [2.75, 3.05) is 30.7 Å². The number of benzene rings is 1. The first kappa shape index (κ1) is 17.8. The summed E-state index contributed by atoms with van der Waals surface area (Å²) in [6.07, 6.45) is 2.36. The Morgan fingerprint density at radius 2 is 2.25 bits per heavy atom. The molecule has 5 rings (SSSR count). The molecule has 0 amide bonds. The smallest absolute Gasteiger partial charge is 0.232 e. The van der Waals surface area contributed by atoms with Crippen molar-refractivity contribution < 1.29 is 9.84 Å². The summed E-state index contributed by atoms with van der Waals surface area (Å²) in [5.41, 5.74) is 7.91. The lowest BCUT2D eigenvalue weighted by Crippen LogP contribution is -2.37. The molecule has 3 fully saturated rings. The summed E-state index contributed by atoms with van der Waals surface area (Å²) in [4.78, 5) is 15.4. The number of hydrogen-bond acceptors (Lipinski definition) is 8. The van der Waals surface area contributed by atoms with Gasteiger partial charge in [-0.15, -0.1) is 0 Å². The molecule has 28 heavy (non-hydrogen) atoms. The van der Waals surface area contributed by atoms with Gasteiger partial charge in [-0.25, -0.2) is 0 Å². The number of fused-ring (bicyclic) bond motifs is 1. The van der Waals surface area contributed by atoms with Crippen LogP contribution in [0, 0.1) is 18.8 Å². The van der Waals surface area contributed by atoms with E-state index < -0.39 is 0 Å². The normalized spacial score (nSPS) is 31.3. The van der Waals surface area contributed by atoms with Crippen LogP contribution in [0.3, 0.4) is 0 Å². The molecule has 4 atom stereocenters. The minimum atomic E-state index is -0.0979. The van der Waals surface area contributed by atoms with Gasteiger partial charge in [0.25, 0.3) is 0 Å². The molecule has 3 saturated heterocycles. The third kappa shape index (κ3) is 3.01. The van der Waals surface area contributed by atoms with Gasteiger partial charge in [-0.1, -0.05) is 12.1 Å². The summed E-state index contributed by atoms with van der Waals surface area (Å²) in [7, 11) is 0. The predicted octanol–water partition coefficient (Wildman–Crippen LogP) is 1.48. The van der Waals surface area contributed by atoms with E-state index in [0.717, 1.165) is 37.2 Å². The van der Waals surface area contributed by atoms with Gasteiger partial charge in [-0.05, 0) is 37.5 Å². The average molecular weight is 382 g/mol. The molecular formula is C20H26N6O2. The molecule has 0 unspecified atom stereocenters. The molecule has 1 spiro atoms. The fourth-order valence-electron chi connectivity index (χ4n) is 5.27. The lowest BCUT2D eigenvalue weighted by molar-refractivity contribution is 0.000200. The minimum absolute atomic E-state index is 0.0979. The number of aliphatic hydroxyl groups is 1. The Bertz CT molecular complexity index is 893. The average Bonchev–Trinajstić information content (AvgIpc) is 3.28. The van der Waals surface area contributed by atoms with Crippen LogP contribution in [0.4, 0.5) is 17.6 Å². The number of hydrogen-bond donors (Lipinski definition) is 3. The van der Waals surface area contributed by atoms with Crippen LogP contribution in [0.15, 0.2) is 24.3 Å². The Kier molecular flexibility index (Phi) is 4.22. The number of nitrogen functional groups attached to an aromatic ring is 1. The molecule has 1 aromatic heterocycles. The Morgan fingerprint density at radius 1 is 1.36 bits per heavy atom. The zero-order valence-electron chi connectivity index (χ0n) is 16.0. The number of nitrogens with two attached hydrogens (primary N) is 1. The molecule has 4 heterocycles. The van der Waals surface area contributed by atoms with Crippen LogP contribution in [0.5, 0.6) is 0 Å². The zero-order valence-corrected chi connectivity index (χ0v) is 16.0. The summed E-state index contributed by atoms with van der Waals surface area (Å²) in [6.45, 7) is 4.59. The fourth-order valence-corrected chi connectivity index (χ4v) is 5.27. The van der Waals surface area contributed by atoms with E-state index in [2.05, 4.69) is 25.2 Å². The van der Waals surface area contributed by atoms with Crippen LogP contribution >= 0.6 is 0 Å². The third-order valence-electron chi connectivity index (χ3n) is 6.40. The van der Waals surface area contributed by atoms with Gasteiger partial charge in [-0.3, -0.25) is 4.90 Å². The number of anilines is 3. The minimum Gasteiger partial charge on any atom is -0.396 e. The number of rotatable bonds is 5. The number of nitrogens with zero attached hydrogens (tertiary/aromatic N) is 4. The zero-order chi connectivity index (χ0) is 19.3. The summed E-state index contributed by atoms with van der Waals surface area (Å²) >= 11 is 0. The maximum atomic E-state index is 9.78. The Morgan fingerprint density at radius 3 is 3.07 bits per heavy atom. The standard InChI is InChI=1S/C20H26N6O2/c1-12-3-2-4-13(7-12)22-19-24-17(23-18(21)25-19)9-26-8-15-14(10-27)16-5-6-20(15,11-26)28-16/h2-4,7,14-16,27H,5-6,8-11H2,1H3,(H3,21,22,23,24,25)/t14-,15+,16+,20+/m1/s1. The van der Waals surface area contributed by atoms with Gasteiger partial charge in [0.1, 0.15) is 5.82 Å². The highest BCUT2D eigenvalue weighted by Gasteiger charge is 2.62. The fraction of sp³-hybridized carbons (Fsp3) is 0.550. The SMILES string of the molecule is Cc1cccc(Nc2nc(N)nc(CN3C[C@H]4[C@@H](CO)[C@@H]5CC[C@@]4(C3)O5)n2)c1. The van der Waals surface area contributed by atoms with Crippen molar-refractivity contribution in [1.82, 2.24) is 19.9 Å². The summed E-state index contributed by atoms with van der Waals surface area (Å²) < 4.78 is 6.30. The first-order valence-electron chi connectivity index (χ1n) is 9.90. The maximum Gasteiger partial charge on any atom is 0.232 e. The molecule has 8 nitrogen and oxygen atoms in total. The Labute approximate surface area is 164 Å². The van der Waals surface area contributed by atoms with Gasteiger partial charge in [0.15, 0.2) is 0 Å². The van der Waals surface area contributed by atoms with E-state index >= 15 is 0 Å². The van der Waals surface area contributed by atoms with E-state index in [-0.39, 0.29) is 30.2 Å². The molecule has 1 aromatic carbocycles. The number of nitrogens with one attached hydrogen (secondary N) is 1. The molecule has 3 aliphatic rings. The van der Waals surface area contributed by atoms with Crippen molar-refractivity contribution in [3.05, 3.63) is 35.7 Å². The number of ether oxygens (including phenoxy) is 1. The van der Waals surface area contributed by atoms with Crippen LogP contribution in [0.1, 0.15) is 24.2 Å². The Hall–Kier alpha value is -2.29. The van der Waals surface area contributed by atoms with Crippen molar-refractivity contribution in [3.63, 3.8) is 0 Å². The number of aryl methyl sites for hydroxylation is 1. The van der Waals surface area contributed by atoms with Gasteiger partial charge in [0.05, 0.1) is 18.2 Å². The first-order chi connectivity index (χ1) is 13.5. The highest BCUT2D eigenvalue weighted by atomic mass is 16.5. The largest absolute Gasteiger partial charge is 0.396 e. The topological polar surface area (TPSA) is 109 Å². The number of aromatic nitrogens is 3. The summed E-state index contributed by atoms with van der Waals surface area (Å²) in [6, 6.07) is 8.02. The predicted molar refractivity (Wildman–Crippen MR) is 105 cm³/mol. The lowest BCUT2D eigenvalue weighted by atomic mass is 9.74. The van der Waals surface area contributed by atoms with Gasteiger partial charge < -0.3 is 20.9 Å². The summed E-state index contributed by atoms with van der Waals surface area (Å²) in [5.74, 6) is 1.95. The van der Waals surface area contributed by atoms with Crippen LogP contribution < -0.4 is 11.1 Å². The molecule has 3 aliphatic heterocycles. The quantitative estimate of drug-likeness (QED) is 0.713. The van der Waals surface area contributed by atoms with Crippen molar-refractivity contribution in [2.24, 2.45) is 11.8 Å². The van der Waals surface area contributed by atoms with Crippen LogP contribution in [0.25, 0.3) is 0 Å². The van der Waals surface area contributed by atoms with Crippen LogP contribution in [0.2, 0.25) is 0 Å². The second-order valence-electron chi connectivity index (χ2n) is 8.31. The molecule has 0 saturated carbocycles. The van der Waals surface area contributed by atoms with E-state index in [9.17, 15) is 5.11 Å². The van der Waals surface area contributed by atoms with Crippen molar-refractivity contribution in [1.29, 1.82) is 0 Å². The molecule has 2 bridgehead atoms. The van der Waals surface area contributed by atoms with Crippen molar-refractivity contribution in [3.8, 4) is 0 Å². The van der Waals surface area contributed by atoms with E-state index in [1.54, 1.807) is 0 Å². The van der Waals surface area contributed by atoms with E-state index in [4.69, 9.17) is 10.5 Å². The van der Waals surface area contributed by atoms with Crippen LogP contribution in [-0.4, -0.2) is 56.4 Å². The Balaban J connectivity index is 1.32. The second kappa shape index (κ2) is 6.65. The molecule has 0 aliphatic carbocycles. The highest BCUT2D eigenvalue weighted by Crippen LogP contribution is 2.54. The van der Waals surface area contributed by atoms with E-state index in [1.807, 2.05) is 31.2 Å². The van der Waals surface area contributed by atoms with E-state index in [0.29, 0.717) is 24.2 Å². The number of likely N-dealkylation sites (tertiary alicyclic amines) is 1. The van der Waals surface area contributed by atoms with Crippen LogP contribution in [-0.2, 0) is 11.3 Å². The molecule has 8 heteroatoms. The van der Waals surface area contributed by atoms with Crippen molar-refractivity contribution in [2.45, 2.75) is 38.0 Å². The highest BCUT2D eigenvalue weighted by molar-refractivity contribution is 5.54. The number of aliphatic hydroxyl groups excluding tert-OH is 1. The maximum absolute atomic E-state index is 9.78. The van der Waals surface area contributed by atoms with Gasteiger partial charge in [0.2, 0.25) is 11.9 Å². The summed E-state index contributed by atoms with van der Waals surface area (Å²) in [5, 5.41) is 13.0. The molecule has 4 N–H and O–H groups in total. The molecule has 0 radical (unpaired) electrons. The monoisotopic (exact) mass is 382 g/mol. The lowest BCUT2D eigenvalue weighted by Gasteiger charge is -2.28. The van der Waals surface area contributed by atoms with E-state index in [1.165, 1.54) is 0 Å². The van der Waals surface area contributed by atoms with Crippen molar-refractivity contribution >= 4 is 17.6 Å². The second-order valence-corrected chi connectivity index (χ2v) is 8.31. The molecule has 148 valence electrons. The molecule has 2 aromatic rings. The van der Waals surface area contributed by atoms with Gasteiger partial charge >= 0.3 is 0 Å². The third-order valence-corrected chi connectivity index (χ3v) is 6.40. The van der Waals surface area contributed by atoms with Gasteiger partial charge in [0, 0.05) is 37.2 Å².